The molecule has 3 N–H and O–H groups in total. The molecule has 0 unspecified atom stereocenters. The molecule has 182 valence electrons. The number of hydrogen-bond donors (Lipinski definition) is 3. The van der Waals surface area contributed by atoms with Gasteiger partial charge in [-0.1, -0.05) is 30.7 Å². The van der Waals surface area contributed by atoms with Gasteiger partial charge >= 0.3 is 11.9 Å². The van der Waals surface area contributed by atoms with Crippen LogP contribution in [0.2, 0.25) is 0 Å². The molecule has 0 fully saturated rings. The van der Waals surface area contributed by atoms with Gasteiger partial charge in [0.05, 0.1) is 0 Å². The lowest BCUT2D eigenvalue weighted by Gasteiger charge is -2.18. The molecule has 34 heavy (non-hydrogen) atoms. The standard InChI is InChI=1S/C24H30N4O6/c1-27(2)20-12-10-18(11-13-20)7-6-8-19(15-25)24(34)26-14-5-3-4-9-21(29)28(16-22(30)31)17-23(32)33/h6-8,10-13H,3-5,9,14,16-17H2,1-2H3,(H,26,34)(H,30,31)(H,32,33)/b7-6+,19-8+. The van der Waals surface area contributed by atoms with E-state index in [2.05, 4.69) is 5.32 Å². The Morgan fingerprint density at radius 1 is 1.00 bits per heavy atom. The fraction of sp³-hybridized carbons (Fsp3) is 0.375. The van der Waals surface area contributed by atoms with Gasteiger partial charge in [0.1, 0.15) is 24.7 Å². The Labute approximate surface area is 198 Å². The van der Waals surface area contributed by atoms with E-state index in [-0.39, 0.29) is 12.0 Å². The van der Waals surface area contributed by atoms with Gasteiger partial charge in [0, 0.05) is 32.7 Å². The van der Waals surface area contributed by atoms with E-state index in [0.29, 0.717) is 25.8 Å². The van der Waals surface area contributed by atoms with E-state index < -0.39 is 36.8 Å². The number of aliphatic carboxylic acids is 2. The number of benzene rings is 1. The quantitative estimate of drug-likeness (QED) is 0.161. The summed E-state index contributed by atoms with van der Waals surface area (Å²) < 4.78 is 0. The second-order valence-electron chi connectivity index (χ2n) is 7.64. The van der Waals surface area contributed by atoms with Crippen LogP contribution < -0.4 is 10.2 Å². The van der Waals surface area contributed by atoms with E-state index in [4.69, 9.17) is 10.2 Å². The average molecular weight is 471 g/mol. The highest BCUT2D eigenvalue weighted by Gasteiger charge is 2.19. The zero-order valence-corrected chi connectivity index (χ0v) is 19.4. The number of carbonyl (C=O) groups is 4. The molecule has 1 rings (SSSR count). The maximum absolute atomic E-state index is 12.2. The second-order valence-corrected chi connectivity index (χ2v) is 7.64. The van der Waals surface area contributed by atoms with Gasteiger partial charge in [-0.15, -0.1) is 0 Å². The van der Waals surface area contributed by atoms with Crippen LogP contribution in [0.15, 0.2) is 42.0 Å². The van der Waals surface area contributed by atoms with Gasteiger partial charge in [-0.3, -0.25) is 19.2 Å². The van der Waals surface area contributed by atoms with Crippen LogP contribution >= 0.6 is 0 Å². The topological polar surface area (TPSA) is 151 Å². The minimum atomic E-state index is -1.28. The summed E-state index contributed by atoms with van der Waals surface area (Å²) in [5, 5.41) is 29.4. The van der Waals surface area contributed by atoms with Crippen LogP contribution in [0.4, 0.5) is 5.69 Å². The van der Waals surface area contributed by atoms with Crippen LogP contribution in [0, 0.1) is 11.3 Å². The lowest BCUT2D eigenvalue weighted by molar-refractivity contribution is -0.149. The molecule has 0 aliphatic carbocycles. The number of allylic oxidation sites excluding steroid dienone is 2. The third kappa shape index (κ3) is 10.9. The molecule has 2 amide bonds. The first-order valence-corrected chi connectivity index (χ1v) is 10.7. The van der Waals surface area contributed by atoms with Gasteiger partial charge in [-0.05, 0) is 36.6 Å². The summed E-state index contributed by atoms with van der Waals surface area (Å²) in [5.41, 5.74) is 1.96. The van der Waals surface area contributed by atoms with Crippen LogP contribution in [-0.2, 0) is 19.2 Å². The molecule has 0 spiro atoms. The SMILES string of the molecule is CN(C)c1ccc(/C=C/C=C(\C#N)C(=O)NCCCCCC(=O)N(CC(=O)O)CC(=O)O)cc1. The molecular weight excluding hydrogens is 440 g/mol. The highest BCUT2D eigenvalue weighted by molar-refractivity contribution is 5.97. The van der Waals surface area contributed by atoms with E-state index in [9.17, 15) is 24.4 Å². The fourth-order valence-corrected chi connectivity index (χ4v) is 2.89. The number of hydrogen-bond acceptors (Lipinski definition) is 6. The van der Waals surface area contributed by atoms with Crippen molar-refractivity contribution in [1.29, 1.82) is 5.26 Å². The van der Waals surface area contributed by atoms with E-state index in [1.54, 1.807) is 12.2 Å². The van der Waals surface area contributed by atoms with Gasteiger partial charge < -0.3 is 25.3 Å². The van der Waals surface area contributed by atoms with Crippen LogP contribution in [0.25, 0.3) is 6.08 Å². The van der Waals surface area contributed by atoms with Crippen LogP contribution in [0.3, 0.4) is 0 Å². The number of carboxylic acids is 2. The van der Waals surface area contributed by atoms with Crippen molar-refractivity contribution in [1.82, 2.24) is 10.2 Å². The first-order chi connectivity index (χ1) is 16.1. The van der Waals surface area contributed by atoms with Crippen molar-refractivity contribution in [2.75, 3.05) is 38.6 Å². The number of rotatable bonds is 14. The number of unbranched alkanes of at least 4 members (excludes halogenated alkanes) is 2. The van der Waals surface area contributed by atoms with Crippen molar-refractivity contribution >= 4 is 35.5 Å². The number of carboxylic acid groups (broad SMARTS) is 2. The summed E-state index contributed by atoms with van der Waals surface area (Å²) in [6.45, 7) is -1.03. The molecule has 10 nitrogen and oxygen atoms in total. The monoisotopic (exact) mass is 470 g/mol. The van der Waals surface area contributed by atoms with Crippen molar-refractivity contribution in [3.8, 4) is 6.07 Å². The molecule has 10 heteroatoms. The minimum absolute atomic E-state index is 0.0121. The predicted molar refractivity (Wildman–Crippen MR) is 127 cm³/mol. The highest BCUT2D eigenvalue weighted by Crippen LogP contribution is 2.13. The molecule has 0 aromatic heterocycles. The van der Waals surface area contributed by atoms with Crippen molar-refractivity contribution in [3.05, 3.63) is 47.6 Å². The van der Waals surface area contributed by atoms with Crippen molar-refractivity contribution < 1.29 is 29.4 Å². The molecule has 1 aromatic carbocycles. The van der Waals surface area contributed by atoms with Crippen LogP contribution in [0.5, 0.6) is 0 Å². The average Bonchev–Trinajstić information content (AvgIpc) is 2.78. The Kier molecular flexibility index (Phi) is 12.2. The Hall–Kier alpha value is -4.13. The van der Waals surface area contributed by atoms with Crippen molar-refractivity contribution in [3.63, 3.8) is 0 Å². The number of nitriles is 1. The van der Waals surface area contributed by atoms with Gasteiger partial charge in [0.2, 0.25) is 5.91 Å². The molecule has 0 atom stereocenters. The van der Waals surface area contributed by atoms with Crippen LogP contribution in [0.1, 0.15) is 31.2 Å². The predicted octanol–water partition coefficient (Wildman–Crippen LogP) is 1.89. The maximum Gasteiger partial charge on any atom is 0.323 e. The smallest absolute Gasteiger partial charge is 0.323 e. The first-order valence-electron chi connectivity index (χ1n) is 10.7. The zero-order chi connectivity index (χ0) is 25.5. The summed E-state index contributed by atoms with van der Waals surface area (Å²) in [6, 6.07) is 9.65. The summed E-state index contributed by atoms with van der Waals surface area (Å²) >= 11 is 0. The van der Waals surface area contributed by atoms with Crippen molar-refractivity contribution in [2.24, 2.45) is 0 Å². The van der Waals surface area contributed by atoms with Gasteiger partial charge in [0.15, 0.2) is 0 Å². The molecule has 0 saturated heterocycles. The molecule has 0 aliphatic rings. The van der Waals surface area contributed by atoms with Gasteiger partial charge in [-0.2, -0.15) is 5.26 Å². The Balaban J connectivity index is 2.41. The molecule has 0 radical (unpaired) electrons. The summed E-state index contributed by atoms with van der Waals surface area (Å²) in [6.07, 6.45) is 6.40. The first kappa shape index (κ1) is 27.9. The molecule has 0 heterocycles. The van der Waals surface area contributed by atoms with E-state index >= 15 is 0 Å². The van der Waals surface area contributed by atoms with Crippen molar-refractivity contribution in [2.45, 2.75) is 25.7 Å². The van der Waals surface area contributed by atoms with Gasteiger partial charge in [0.25, 0.3) is 5.91 Å². The highest BCUT2D eigenvalue weighted by atomic mass is 16.4. The third-order valence-electron chi connectivity index (χ3n) is 4.68. The Morgan fingerprint density at radius 2 is 1.62 bits per heavy atom. The number of amides is 2. The number of carbonyl (C=O) groups excluding carboxylic acids is 2. The van der Waals surface area contributed by atoms with E-state index in [1.807, 2.05) is 49.3 Å². The maximum atomic E-state index is 12.2. The molecular formula is C24H30N4O6. The summed E-state index contributed by atoms with van der Waals surface area (Å²) in [7, 11) is 3.90. The number of nitrogens with one attached hydrogen (secondary N) is 1. The van der Waals surface area contributed by atoms with E-state index in [1.165, 1.54) is 6.08 Å². The normalized spacial score (nSPS) is 11.0. The molecule has 0 saturated carbocycles. The lowest BCUT2D eigenvalue weighted by atomic mass is 10.1. The molecule has 0 bridgehead atoms. The van der Waals surface area contributed by atoms with E-state index in [0.717, 1.165) is 16.2 Å². The minimum Gasteiger partial charge on any atom is -0.480 e. The Bertz CT molecular complexity index is 945. The fourth-order valence-electron chi connectivity index (χ4n) is 2.89. The number of anilines is 1. The number of nitrogens with zero attached hydrogens (tertiary/aromatic N) is 3. The summed E-state index contributed by atoms with van der Waals surface area (Å²) in [4.78, 5) is 48.5. The Morgan fingerprint density at radius 3 is 2.15 bits per heavy atom. The summed E-state index contributed by atoms with van der Waals surface area (Å²) in [5.74, 6) is -3.61. The lowest BCUT2D eigenvalue weighted by Crippen LogP contribution is -2.39. The molecule has 1 aromatic rings. The largest absolute Gasteiger partial charge is 0.480 e. The third-order valence-corrected chi connectivity index (χ3v) is 4.68. The van der Waals surface area contributed by atoms with Crippen LogP contribution in [-0.4, -0.2) is 72.6 Å². The second kappa shape index (κ2) is 14.8. The zero-order valence-electron chi connectivity index (χ0n) is 19.4. The van der Waals surface area contributed by atoms with Gasteiger partial charge in [-0.25, -0.2) is 0 Å². The molecule has 0 aliphatic heterocycles.